The quantitative estimate of drug-likeness (QED) is 0.721. The van der Waals surface area contributed by atoms with Gasteiger partial charge in [-0.1, -0.05) is 6.92 Å². The van der Waals surface area contributed by atoms with Gasteiger partial charge in [0.25, 0.3) is 0 Å². The number of aromatic nitrogens is 2. The number of hydrogen-bond acceptors (Lipinski definition) is 5. The molecule has 19 heavy (non-hydrogen) atoms. The molecule has 0 spiro atoms. The molecule has 6 heteroatoms. The molecule has 2 rings (SSSR count). The van der Waals surface area contributed by atoms with E-state index in [1.54, 1.807) is 6.33 Å². The fourth-order valence-electron chi connectivity index (χ4n) is 2.10. The highest BCUT2D eigenvalue weighted by Crippen LogP contribution is 2.18. The Morgan fingerprint density at radius 1 is 1.37 bits per heavy atom. The van der Waals surface area contributed by atoms with Gasteiger partial charge in [0.15, 0.2) is 0 Å². The fraction of sp³-hybridized carbons (Fsp3) is 0.615. The SMILES string of the molecule is CCCNc1ncnc(NCC2CCC(=O)N2)c1C. The van der Waals surface area contributed by atoms with E-state index in [2.05, 4.69) is 32.8 Å². The molecule has 1 amide bonds. The second-order valence-corrected chi connectivity index (χ2v) is 4.81. The summed E-state index contributed by atoms with van der Waals surface area (Å²) in [4.78, 5) is 19.6. The van der Waals surface area contributed by atoms with Gasteiger partial charge in [-0.25, -0.2) is 9.97 Å². The minimum atomic E-state index is 0.136. The number of nitrogens with one attached hydrogen (secondary N) is 3. The van der Waals surface area contributed by atoms with Crippen molar-refractivity contribution < 1.29 is 4.79 Å². The van der Waals surface area contributed by atoms with Crippen molar-refractivity contribution in [2.24, 2.45) is 0 Å². The van der Waals surface area contributed by atoms with Gasteiger partial charge in [-0.05, 0) is 19.8 Å². The molecule has 0 aliphatic carbocycles. The van der Waals surface area contributed by atoms with Crippen LogP contribution >= 0.6 is 0 Å². The molecule has 0 saturated carbocycles. The van der Waals surface area contributed by atoms with E-state index < -0.39 is 0 Å². The van der Waals surface area contributed by atoms with E-state index >= 15 is 0 Å². The van der Waals surface area contributed by atoms with Crippen molar-refractivity contribution in [3.63, 3.8) is 0 Å². The molecule has 104 valence electrons. The Hall–Kier alpha value is -1.85. The van der Waals surface area contributed by atoms with Crippen LogP contribution in [-0.4, -0.2) is 35.0 Å². The number of carbonyl (C=O) groups excluding carboxylic acids is 1. The van der Waals surface area contributed by atoms with E-state index in [0.29, 0.717) is 13.0 Å². The zero-order valence-corrected chi connectivity index (χ0v) is 11.5. The Bertz CT molecular complexity index is 449. The van der Waals surface area contributed by atoms with Crippen molar-refractivity contribution in [2.45, 2.75) is 39.2 Å². The molecule has 6 nitrogen and oxygen atoms in total. The Morgan fingerprint density at radius 3 is 2.74 bits per heavy atom. The van der Waals surface area contributed by atoms with Crippen LogP contribution in [0.2, 0.25) is 0 Å². The highest BCUT2D eigenvalue weighted by atomic mass is 16.1. The van der Waals surface area contributed by atoms with Crippen LogP contribution in [0.3, 0.4) is 0 Å². The molecule has 0 aromatic carbocycles. The molecular weight excluding hydrogens is 242 g/mol. The van der Waals surface area contributed by atoms with E-state index in [0.717, 1.165) is 36.6 Å². The summed E-state index contributed by atoms with van der Waals surface area (Å²) in [6.45, 7) is 5.71. The number of hydrogen-bond donors (Lipinski definition) is 3. The van der Waals surface area contributed by atoms with Crippen molar-refractivity contribution in [3.8, 4) is 0 Å². The zero-order chi connectivity index (χ0) is 13.7. The summed E-state index contributed by atoms with van der Waals surface area (Å²) in [5, 5.41) is 9.50. The van der Waals surface area contributed by atoms with Gasteiger partial charge in [0.2, 0.25) is 5.91 Å². The first kappa shape index (κ1) is 13.6. The van der Waals surface area contributed by atoms with Gasteiger partial charge in [-0.3, -0.25) is 4.79 Å². The molecule has 1 saturated heterocycles. The molecule has 1 aromatic heterocycles. The van der Waals surface area contributed by atoms with Crippen LogP contribution in [0.4, 0.5) is 11.6 Å². The van der Waals surface area contributed by atoms with Crippen LogP contribution in [0.15, 0.2) is 6.33 Å². The third-order valence-corrected chi connectivity index (χ3v) is 3.23. The summed E-state index contributed by atoms with van der Waals surface area (Å²) in [5.41, 5.74) is 1.01. The molecular formula is C13H21N5O. The molecule has 0 radical (unpaired) electrons. The van der Waals surface area contributed by atoms with Crippen LogP contribution in [0.1, 0.15) is 31.7 Å². The highest BCUT2D eigenvalue weighted by molar-refractivity contribution is 5.78. The van der Waals surface area contributed by atoms with E-state index in [4.69, 9.17) is 0 Å². The maximum atomic E-state index is 11.1. The number of carbonyl (C=O) groups is 1. The first-order chi connectivity index (χ1) is 9.20. The van der Waals surface area contributed by atoms with Crippen molar-refractivity contribution in [1.82, 2.24) is 15.3 Å². The summed E-state index contributed by atoms with van der Waals surface area (Å²) < 4.78 is 0. The molecule has 1 aromatic rings. The largest absolute Gasteiger partial charge is 0.370 e. The molecule has 2 heterocycles. The minimum absolute atomic E-state index is 0.136. The van der Waals surface area contributed by atoms with E-state index in [1.807, 2.05) is 6.92 Å². The molecule has 1 aliphatic rings. The lowest BCUT2D eigenvalue weighted by Crippen LogP contribution is -2.32. The van der Waals surface area contributed by atoms with Gasteiger partial charge in [0, 0.05) is 31.1 Å². The lowest BCUT2D eigenvalue weighted by atomic mass is 10.2. The molecule has 1 aliphatic heterocycles. The number of nitrogens with zero attached hydrogens (tertiary/aromatic N) is 2. The second kappa shape index (κ2) is 6.36. The Kier molecular flexibility index (Phi) is 4.54. The first-order valence-corrected chi connectivity index (χ1v) is 6.79. The van der Waals surface area contributed by atoms with Crippen LogP contribution in [0.25, 0.3) is 0 Å². The maximum Gasteiger partial charge on any atom is 0.220 e. The van der Waals surface area contributed by atoms with Crippen LogP contribution in [0, 0.1) is 6.92 Å². The third-order valence-electron chi connectivity index (χ3n) is 3.23. The van der Waals surface area contributed by atoms with Gasteiger partial charge in [0.1, 0.15) is 18.0 Å². The van der Waals surface area contributed by atoms with E-state index in [-0.39, 0.29) is 11.9 Å². The Morgan fingerprint density at radius 2 is 2.11 bits per heavy atom. The maximum absolute atomic E-state index is 11.1. The lowest BCUT2D eigenvalue weighted by molar-refractivity contribution is -0.119. The highest BCUT2D eigenvalue weighted by Gasteiger charge is 2.20. The van der Waals surface area contributed by atoms with Gasteiger partial charge in [0.05, 0.1) is 0 Å². The molecule has 0 bridgehead atoms. The third kappa shape index (κ3) is 3.56. The summed E-state index contributed by atoms with van der Waals surface area (Å²) in [5.74, 6) is 1.83. The second-order valence-electron chi connectivity index (χ2n) is 4.81. The summed E-state index contributed by atoms with van der Waals surface area (Å²) >= 11 is 0. The number of anilines is 2. The summed E-state index contributed by atoms with van der Waals surface area (Å²) in [6, 6.07) is 0.203. The first-order valence-electron chi connectivity index (χ1n) is 6.79. The molecule has 1 fully saturated rings. The molecule has 3 N–H and O–H groups in total. The number of amides is 1. The lowest BCUT2D eigenvalue weighted by Gasteiger charge is -2.15. The molecule has 1 atom stereocenters. The average Bonchev–Trinajstić information content (AvgIpc) is 2.82. The minimum Gasteiger partial charge on any atom is -0.370 e. The zero-order valence-electron chi connectivity index (χ0n) is 11.5. The smallest absolute Gasteiger partial charge is 0.220 e. The van der Waals surface area contributed by atoms with Crippen molar-refractivity contribution in [1.29, 1.82) is 0 Å². The predicted molar refractivity (Wildman–Crippen MR) is 75.2 cm³/mol. The van der Waals surface area contributed by atoms with E-state index in [1.165, 1.54) is 0 Å². The summed E-state index contributed by atoms with van der Waals surface area (Å²) in [7, 11) is 0. The van der Waals surface area contributed by atoms with Crippen LogP contribution < -0.4 is 16.0 Å². The topological polar surface area (TPSA) is 78.9 Å². The van der Waals surface area contributed by atoms with Gasteiger partial charge < -0.3 is 16.0 Å². The molecule has 1 unspecified atom stereocenters. The van der Waals surface area contributed by atoms with Gasteiger partial charge >= 0.3 is 0 Å². The Balaban J connectivity index is 1.94. The average molecular weight is 263 g/mol. The normalized spacial score (nSPS) is 18.2. The standard InChI is InChI=1S/C13H21N5O/c1-3-6-14-12-9(2)13(17-8-16-12)15-7-10-4-5-11(19)18-10/h8,10H,3-7H2,1-2H3,(H,18,19)(H2,14,15,16,17). The van der Waals surface area contributed by atoms with Gasteiger partial charge in [-0.2, -0.15) is 0 Å². The van der Waals surface area contributed by atoms with Crippen molar-refractivity contribution in [2.75, 3.05) is 23.7 Å². The van der Waals surface area contributed by atoms with Gasteiger partial charge in [-0.15, -0.1) is 0 Å². The number of rotatable bonds is 6. The summed E-state index contributed by atoms with van der Waals surface area (Å²) in [6.07, 6.45) is 4.12. The fourth-order valence-corrected chi connectivity index (χ4v) is 2.10. The van der Waals surface area contributed by atoms with Crippen LogP contribution in [0.5, 0.6) is 0 Å². The van der Waals surface area contributed by atoms with Crippen molar-refractivity contribution >= 4 is 17.5 Å². The monoisotopic (exact) mass is 263 g/mol. The Labute approximate surface area is 113 Å². The van der Waals surface area contributed by atoms with E-state index in [9.17, 15) is 4.79 Å². The predicted octanol–water partition coefficient (Wildman–Crippen LogP) is 1.30. The van der Waals surface area contributed by atoms with Crippen LogP contribution in [-0.2, 0) is 4.79 Å². The van der Waals surface area contributed by atoms with Crippen molar-refractivity contribution in [3.05, 3.63) is 11.9 Å².